The first kappa shape index (κ1) is 17.3. The van der Waals surface area contributed by atoms with Gasteiger partial charge in [-0.25, -0.2) is 9.59 Å². The number of nitrogens with one attached hydrogen (secondary N) is 2. The molecule has 1 aromatic rings. The van der Waals surface area contributed by atoms with Crippen molar-refractivity contribution in [2.45, 2.75) is 18.9 Å². The van der Waals surface area contributed by atoms with Crippen LogP contribution in [-0.4, -0.2) is 34.2 Å². The van der Waals surface area contributed by atoms with Gasteiger partial charge in [0.05, 0.1) is 5.69 Å². The zero-order valence-electron chi connectivity index (χ0n) is 10.6. The summed E-state index contributed by atoms with van der Waals surface area (Å²) in [5.41, 5.74) is 0.402. The fourth-order valence-electron chi connectivity index (χ4n) is 1.43. The number of hydrogen-bond acceptors (Lipinski definition) is 3. The van der Waals surface area contributed by atoms with Crippen LogP contribution in [0.3, 0.4) is 0 Å². The number of carbonyl (C=O) groups is 3. The number of urea groups is 1. The van der Waals surface area contributed by atoms with E-state index < -0.39 is 24.0 Å². The molecule has 21 heavy (non-hydrogen) atoms. The normalized spacial score (nSPS) is 11.5. The number of amides is 2. The SMILES string of the molecule is O=C(O)CCC(NC(=O)Nc1ccc(Cl)cc1Br)C(=O)O. The molecule has 0 aliphatic carbocycles. The second-order valence-corrected chi connectivity index (χ2v) is 5.34. The number of hydrogen-bond donors (Lipinski definition) is 4. The fraction of sp³-hybridized carbons (Fsp3) is 0.250. The number of rotatable bonds is 6. The van der Waals surface area contributed by atoms with E-state index in [-0.39, 0.29) is 12.8 Å². The molecule has 0 radical (unpaired) electrons. The topological polar surface area (TPSA) is 116 Å². The second kappa shape index (κ2) is 7.84. The molecule has 1 atom stereocenters. The number of halogens is 2. The third-order valence-electron chi connectivity index (χ3n) is 2.43. The lowest BCUT2D eigenvalue weighted by molar-refractivity contribution is -0.140. The molecule has 0 aliphatic rings. The van der Waals surface area contributed by atoms with Crippen molar-refractivity contribution in [1.82, 2.24) is 5.32 Å². The summed E-state index contributed by atoms with van der Waals surface area (Å²) in [5, 5.41) is 22.6. The quantitative estimate of drug-likeness (QED) is 0.606. The average Bonchev–Trinajstić information content (AvgIpc) is 2.37. The Morgan fingerprint density at radius 1 is 1.29 bits per heavy atom. The molecule has 0 saturated heterocycles. The Balaban J connectivity index is 2.65. The molecule has 0 saturated carbocycles. The summed E-state index contributed by atoms with van der Waals surface area (Å²) in [7, 11) is 0. The highest BCUT2D eigenvalue weighted by molar-refractivity contribution is 9.10. The first-order valence-corrected chi connectivity index (χ1v) is 6.94. The molecule has 0 fully saturated rings. The van der Waals surface area contributed by atoms with Crippen LogP contribution in [0.4, 0.5) is 10.5 Å². The molecule has 0 spiro atoms. The lowest BCUT2D eigenvalue weighted by Gasteiger charge is -2.15. The number of carboxylic acids is 2. The molecule has 0 heterocycles. The van der Waals surface area contributed by atoms with Crippen molar-refractivity contribution < 1.29 is 24.6 Å². The fourth-order valence-corrected chi connectivity index (χ4v) is 2.21. The lowest BCUT2D eigenvalue weighted by atomic mass is 10.1. The highest BCUT2D eigenvalue weighted by Crippen LogP contribution is 2.25. The van der Waals surface area contributed by atoms with E-state index in [4.69, 9.17) is 21.8 Å². The monoisotopic (exact) mass is 378 g/mol. The summed E-state index contributed by atoms with van der Waals surface area (Å²) in [6.45, 7) is 0. The Kier molecular flexibility index (Phi) is 6.44. The first-order chi connectivity index (χ1) is 9.79. The third-order valence-corrected chi connectivity index (χ3v) is 3.32. The minimum absolute atomic E-state index is 0.208. The maximum absolute atomic E-state index is 11.7. The van der Waals surface area contributed by atoms with E-state index >= 15 is 0 Å². The summed E-state index contributed by atoms with van der Waals surface area (Å²) in [4.78, 5) is 33.1. The molecular formula is C12H12BrClN2O5. The van der Waals surface area contributed by atoms with Gasteiger partial charge in [-0.15, -0.1) is 0 Å². The third kappa shape index (κ3) is 6.01. The van der Waals surface area contributed by atoms with Crippen LogP contribution in [-0.2, 0) is 9.59 Å². The Morgan fingerprint density at radius 3 is 2.48 bits per heavy atom. The molecule has 1 aromatic carbocycles. The minimum atomic E-state index is -1.30. The van der Waals surface area contributed by atoms with Crippen molar-refractivity contribution >= 4 is 51.2 Å². The summed E-state index contributed by atoms with van der Waals surface area (Å²) in [6.07, 6.45) is -0.568. The highest BCUT2D eigenvalue weighted by Gasteiger charge is 2.21. The van der Waals surface area contributed by atoms with E-state index in [9.17, 15) is 14.4 Å². The highest BCUT2D eigenvalue weighted by atomic mass is 79.9. The van der Waals surface area contributed by atoms with Gasteiger partial charge in [0, 0.05) is 15.9 Å². The van der Waals surface area contributed by atoms with E-state index in [0.29, 0.717) is 15.2 Å². The van der Waals surface area contributed by atoms with E-state index in [1.165, 1.54) is 0 Å². The summed E-state index contributed by atoms with van der Waals surface area (Å²) < 4.78 is 0.530. The molecule has 4 N–H and O–H groups in total. The zero-order chi connectivity index (χ0) is 16.0. The van der Waals surface area contributed by atoms with E-state index in [0.717, 1.165) is 0 Å². The molecule has 9 heteroatoms. The van der Waals surface area contributed by atoms with Crippen molar-refractivity contribution in [1.29, 1.82) is 0 Å². The molecule has 114 valence electrons. The Labute approximate surface area is 133 Å². The Morgan fingerprint density at radius 2 is 1.95 bits per heavy atom. The van der Waals surface area contributed by atoms with Crippen LogP contribution < -0.4 is 10.6 Å². The van der Waals surface area contributed by atoms with E-state index in [1.54, 1.807) is 18.2 Å². The van der Waals surface area contributed by atoms with Crippen molar-refractivity contribution in [3.8, 4) is 0 Å². The van der Waals surface area contributed by atoms with Gasteiger partial charge in [-0.05, 0) is 40.5 Å². The summed E-state index contributed by atoms with van der Waals surface area (Å²) in [6, 6.07) is 2.62. The van der Waals surface area contributed by atoms with Gasteiger partial charge < -0.3 is 20.8 Å². The number of benzene rings is 1. The van der Waals surface area contributed by atoms with Crippen LogP contribution in [0.1, 0.15) is 12.8 Å². The second-order valence-electron chi connectivity index (χ2n) is 4.05. The molecule has 2 amide bonds. The van der Waals surface area contributed by atoms with Crippen molar-refractivity contribution in [2.24, 2.45) is 0 Å². The Bertz CT molecular complexity index is 567. The van der Waals surface area contributed by atoms with Crippen LogP contribution in [0.25, 0.3) is 0 Å². The van der Waals surface area contributed by atoms with E-state index in [2.05, 4.69) is 26.6 Å². The molecule has 0 aromatic heterocycles. The Hall–Kier alpha value is -1.80. The van der Waals surface area contributed by atoms with Gasteiger partial charge in [0.15, 0.2) is 0 Å². The maximum atomic E-state index is 11.7. The van der Waals surface area contributed by atoms with E-state index in [1.807, 2.05) is 0 Å². The maximum Gasteiger partial charge on any atom is 0.326 e. The number of carbonyl (C=O) groups excluding carboxylic acids is 1. The van der Waals surface area contributed by atoms with Gasteiger partial charge in [0.25, 0.3) is 0 Å². The van der Waals surface area contributed by atoms with Crippen LogP contribution in [0.15, 0.2) is 22.7 Å². The zero-order valence-corrected chi connectivity index (χ0v) is 12.9. The van der Waals surface area contributed by atoms with Crippen molar-refractivity contribution in [3.63, 3.8) is 0 Å². The van der Waals surface area contributed by atoms with Gasteiger partial charge in [0.1, 0.15) is 6.04 Å². The molecule has 0 bridgehead atoms. The minimum Gasteiger partial charge on any atom is -0.481 e. The summed E-state index contributed by atoms with van der Waals surface area (Å²) >= 11 is 8.96. The molecule has 7 nitrogen and oxygen atoms in total. The standard InChI is InChI=1S/C12H12BrClN2O5/c13-7-5-6(14)1-2-8(7)15-12(21)16-9(11(19)20)3-4-10(17)18/h1-2,5,9H,3-4H2,(H,17,18)(H,19,20)(H2,15,16,21). The number of anilines is 1. The summed E-state index contributed by atoms with van der Waals surface area (Å²) in [5.74, 6) is -2.44. The predicted octanol–water partition coefficient (Wildman–Crippen LogP) is 2.54. The number of aliphatic carboxylic acids is 2. The van der Waals surface area contributed by atoms with Crippen molar-refractivity contribution in [3.05, 3.63) is 27.7 Å². The molecule has 1 unspecified atom stereocenters. The van der Waals surface area contributed by atoms with Gasteiger partial charge >= 0.3 is 18.0 Å². The molecular weight excluding hydrogens is 367 g/mol. The molecule has 0 aliphatic heterocycles. The first-order valence-electron chi connectivity index (χ1n) is 5.76. The average molecular weight is 380 g/mol. The van der Waals surface area contributed by atoms with Crippen LogP contribution >= 0.6 is 27.5 Å². The molecule has 1 rings (SSSR count). The largest absolute Gasteiger partial charge is 0.481 e. The van der Waals surface area contributed by atoms with Crippen molar-refractivity contribution in [2.75, 3.05) is 5.32 Å². The van der Waals surface area contributed by atoms with Crippen LogP contribution in [0.5, 0.6) is 0 Å². The van der Waals surface area contributed by atoms with Gasteiger partial charge in [-0.3, -0.25) is 4.79 Å². The predicted molar refractivity (Wildman–Crippen MR) is 79.6 cm³/mol. The number of carboxylic acid groups (broad SMARTS) is 2. The lowest BCUT2D eigenvalue weighted by Crippen LogP contribution is -2.43. The van der Waals surface area contributed by atoms with Gasteiger partial charge in [-0.2, -0.15) is 0 Å². The van der Waals surface area contributed by atoms with Crippen LogP contribution in [0, 0.1) is 0 Å². The smallest absolute Gasteiger partial charge is 0.326 e. The van der Waals surface area contributed by atoms with Gasteiger partial charge in [0.2, 0.25) is 0 Å². The van der Waals surface area contributed by atoms with Gasteiger partial charge in [-0.1, -0.05) is 11.6 Å². The van der Waals surface area contributed by atoms with Crippen LogP contribution in [0.2, 0.25) is 5.02 Å².